The van der Waals surface area contributed by atoms with Crippen LogP contribution in [0.5, 0.6) is 5.75 Å². The molecule has 1 unspecified atom stereocenters. The Morgan fingerprint density at radius 2 is 2.11 bits per heavy atom. The van der Waals surface area contributed by atoms with Gasteiger partial charge in [-0.05, 0) is 31.9 Å². The van der Waals surface area contributed by atoms with Gasteiger partial charge in [0.05, 0.1) is 12.0 Å². The fraction of sp³-hybridized carbons (Fsp3) is 0.526. The molecule has 27 heavy (non-hydrogen) atoms. The minimum absolute atomic E-state index is 0.0987. The lowest BCUT2D eigenvalue weighted by Gasteiger charge is -2.18. The van der Waals surface area contributed by atoms with Crippen LogP contribution in [0.1, 0.15) is 30.3 Å². The normalized spacial score (nSPS) is 18.1. The number of imidazole rings is 1. The summed E-state index contributed by atoms with van der Waals surface area (Å²) in [6.45, 7) is 4.49. The van der Waals surface area contributed by atoms with E-state index in [4.69, 9.17) is 9.47 Å². The molecular formula is C19H27N3O4S. The van der Waals surface area contributed by atoms with E-state index in [-0.39, 0.29) is 10.8 Å². The van der Waals surface area contributed by atoms with Gasteiger partial charge in [0.1, 0.15) is 11.6 Å². The lowest BCUT2D eigenvalue weighted by molar-refractivity contribution is 0.189. The highest BCUT2D eigenvalue weighted by molar-refractivity contribution is 7.89. The number of benzene rings is 1. The number of hydrogen-bond donors (Lipinski definition) is 0. The number of aromatic nitrogens is 2. The molecule has 0 aliphatic carbocycles. The van der Waals surface area contributed by atoms with E-state index >= 15 is 0 Å². The number of aryl methyl sites for hydroxylation is 1. The van der Waals surface area contributed by atoms with Crippen molar-refractivity contribution in [3.05, 3.63) is 42.0 Å². The zero-order chi connectivity index (χ0) is 19.4. The van der Waals surface area contributed by atoms with Crippen molar-refractivity contribution in [1.29, 1.82) is 0 Å². The average molecular weight is 394 g/mol. The molecule has 1 saturated heterocycles. The van der Waals surface area contributed by atoms with Crippen LogP contribution >= 0.6 is 0 Å². The summed E-state index contributed by atoms with van der Waals surface area (Å²) in [5.74, 6) is 1.60. The summed E-state index contributed by atoms with van der Waals surface area (Å²) in [6.07, 6.45) is 3.53. The van der Waals surface area contributed by atoms with Crippen LogP contribution in [0, 0.1) is 6.92 Å². The van der Waals surface area contributed by atoms with Gasteiger partial charge < -0.3 is 14.0 Å². The molecule has 1 aliphatic heterocycles. The van der Waals surface area contributed by atoms with Crippen molar-refractivity contribution < 1.29 is 17.9 Å². The summed E-state index contributed by atoms with van der Waals surface area (Å²) in [5.41, 5.74) is 1.09. The third-order valence-electron chi connectivity index (χ3n) is 5.01. The van der Waals surface area contributed by atoms with Gasteiger partial charge in [-0.1, -0.05) is 6.07 Å². The molecule has 2 aromatic rings. The molecule has 0 bridgehead atoms. The Bertz CT molecular complexity index is 879. The smallest absolute Gasteiger partial charge is 0.243 e. The van der Waals surface area contributed by atoms with Crippen LogP contribution in [0.4, 0.5) is 0 Å². The maximum Gasteiger partial charge on any atom is 0.243 e. The molecule has 0 amide bonds. The summed E-state index contributed by atoms with van der Waals surface area (Å²) in [7, 11) is -0.317. The van der Waals surface area contributed by atoms with E-state index in [1.54, 1.807) is 35.7 Å². The molecule has 2 heterocycles. The van der Waals surface area contributed by atoms with Gasteiger partial charge in [0, 0.05) is 57.2 Å². The van der Waals surface area contributed by atoms with Gasteiger partial charge in [0.25, 0.3) is 0 Å². The molecule has 1 aromatic heterocycles. The first kappa shape index (κ1) is 19.9. The van der Waals surface area contributed by atoms with Crippen LogP contribution in [0.2, 0.25) is 0 Å². The van der Waals surface area contributed by atoms with E-state index in [0.29, 0.717) is 25.4 Å². The molecule has 1 fully saturated rings. The first-order chi connectivity index (χ1) is 13.0. The van der Waals surface area contributed by atoms with Crippen molar-refractivity contribution in [2.24, 2.45) is 0 Å². The predicted octanol–water partition coefficient (Wildman–Crippen LogP) is 2.41. The van der Waals surface area contributed by atoms with Gasteiger partial charge in [-0.3, -0.25) is 0 Å². The van der Waals surface area contributed by atoms with E-state index < -0.39 is 10.0 Å². The van der Waals surface area contributed by atoms with Gasteiger partial charge in [0.15, 0.2) is 0 Å². The highest BCUT2D eigenvalue weighted by Gasteiger charge is 2.35. The second kappa shape index (κ2) is 8.41. The highest BCUT2D eigenvalue weighted by Crippen LogP contribution is 2.31. The fourth-order valence-corrected chi connectivity index (χ4v) is 5.07. The standard InChI is InChI=1S/C19H27N3O4S/c1-15-13-20-19(22(15)9-5-11-25-2)16-8-10-21(14-16)27(23,24)18-7-4-6-17(12-18)26-3/h4,6-7,12-13,16H,5,8-11,14H2,1-3H3. The number of methoxy groups -OCH3 is 2. The van der Waals surface area contributed by atoms with Crippen molar-refractivity contribution in [3.63, 3.8) is 0 Å². The van der Waals surface area contributed by atoms with Crippen LogP contribution in [-0.2, 0) is 21.3 Å². The van der Waals surface area contributed by atoms with Crippen LogP contribution in [0.25, 0.3) is 0 Å². The summed E-state index contributed by atoms with van der Waals surface area (Å²) in [5, 5.41) is 0. The Morgan fingerprint density at radius 3 is 2.85 bits per heavy atom. The second-order valence-electron chi connectivity index (χ2n) is 6.78. The fourth-order valence-electron chi connectivity index (χ4n) is 3.53. The van der Waals surface area contributed by atoms with Crippen LogP contribution in [0.15, 0.2) is 35.4 Å². The zero-order valence-corrected chi connectivity index (χ0v) is 16.9. The van der Waals surface area contributed by atoms with Crippen molar-refractivity contribution in [2.45, 2.75) is 37.1 Å². The highest BCUT2D eigenvalue weighted by atomic mass is 32.2. The van der Waals surface area contributed by atoms with Gasteiger partial charge in [0.2, 0.25) is 10.0 Å². The second-order valence-corrected chi connectivity index (χ2v) is 8.72. The van der Waals surface area contributed by atoms with Crippen LogP contribution in [0.3, 0.4) is 0 Å². The van der Waals surface area contributed by atoms with Crippen LogP contribution < -0.4 is 4.74 Å². The number of ether oxygens (including phenoxy) is 2. The zero-order valence-electron chi connectivity index (χ0n) is 16.1. The lowest BCUT2D eigenvalue weighted by Crippen LogP contribution is -2.29. The Kier molecular flexibility index (Phi) is 6.18. The maximum atomic E-state index is 13.0. The van der Waals surface area contributed by atoms with E-state index in [1.807, 2.05) is 13.1 Å². The van der Waals surface area contributed by atoms with Gasteiger partial charge in [-0.25, -0.2) is 13.4 Å². The Morgan fingerprint density at radius 1 is 1.30 bits per heavy atom. The monoisotopic (exact) mass is 393 g/mol. The molecule has 0 spiro atoms. The first-order valence-electron chi connectivity index (χ1n) is 9.12. The molecule has 148 valence electrons. The molecule has 0 radical (unpaired) electrons. The largest absolute Gasteiger partial charge is 0.497 e. The van der Waals surface area contributed by atoms with E-state index in [0.717, 1.165) is 30.9 Å². The van der Waals surface area contributed by atoms with Gasteiger partial charge in [-0.15, -0.1) is 0 Å². The Balaban J connectivity index is 1.77. The van der Waals surface area contributed by atoms with Crippen molar-refractivity contribution in [1.82, 2.24) is 13.9 Å². The van der Waals surface area contributed by atoms with Crippen molar-refractivity contribution >= 4 is 10.0 Å². The SMILES string of the molecule is COCCCn1c(C)cnc1C1CCN(S(=O)(=O)c2cccc(OC)c2)C1. The molecule has 1 aliphatic rings. The Labute approximate surface area is 161 Å². The summed E-state index contributed by atoms with van der Waals surface area (Å²) >= 11 is 0. The molecule has 7 nitrogen and oxygen atoms in total. The molecular weight excluding hydrogens is 366 g/mol. The summed E-state index contributed by atoms with van der Waals surface area (Å²) in [6, 6.07) is 6.62. The van der Waals surface area contributed by atoms with Gasteiger partial charge >= 0.3 is 0 Å². The van der Waals surface area contributed by atoms with Crippen molar-refractivity contribution in [2.75, 3.05) is 33.9 Å². The topological polar surface area (TPSA) is 73.7 Å². The predicted molar refractivity (Wildman–Crippen MR) is 103 cm³/mol. The molecule has 3 rings (SSSR count). The minimum Gasteiger partial charge on any atom is -0.497 e. The Hall–Kier alpha value is -1.90. The third-order valence-corrected chi connectivity index (χ3v) is 6.87. The van der Waals surface area contributed by atoms with Gasteiger partial charge in [-0.2, -0.15) is 4.31 Å². The first-order valence-corrected chi connectivity index (χ1v) is 10.6. The molecule has 1 atom stereocenters. The number of sulfonamides is 1. The van der Waals surface area contributed by atoms with Crippen molar-refractivity contribution in [3.8, 4) is 5.75 Å². The number of nitrogens with zero attached hydrogens (tertiary/aromatic N) is 3. The lowest BCUT2D eigenvalue weighted by atomic mass is 10.1. The number of hydrogen-bond acceptors (Lipinski definition) is 5. The minimum atomic E-state index is -3.54. The molecule has 0 saturated carbocycles. The van der Waals surface area contributed by atoms with E-state index in [9.17, 15) is 8.42 Å². The third kappa shape index (κ3) is 4.17. The maximum absolute atomic E-state index is 13.0. The molecule has 0 N–H and O–H groups in total. The van der Waals surface area contributed by atoms with Crippen LogP contribution in [-0.4, -0.2) is 56.2 Å². The summed E-state index contributed by atoms with van der Waals surface area (Å²) in [4.78, 5) is 4.84. The average Bonchev–Trinajstić information content (AvgIpc) is 3.30. The number of rotatable bonds is 8. The molecule has 8 heteroatoms. The molecule has 1 aromatic carbocycles. The van der Waals surface area contributed by atoms with E-state index in [2.05, 4.69) is 9.55 Å². The quantitative estimate of drug-likeness (QED) is 0.644. The van der Waals surface area contributed by atoms with E-state index in [1.165, 1.54) is 7.11 Å². The summed E-state index contributed by atoms with van der Waals surface area (Å²) < 4.78 is 40.1.